The second-order valence-corrected chi connectivity index (χ2v) is 7.72. The fourth-order valence-electron chi connectivity index (χ4n) is 1.74. The van der Waals surface area contributed by atoms with E-state index >= 15 is 0 Å². The molecule has 0 bridgehead atoms. The van der Waals surface area contributed by atoms with Crippen molar-refractivity contribution in [1.82, 2.24) is 10.2 Å². The lowest BCUT2D eigenvalue weighted by Gasteiger charge is -2.28. The van der Waals surface area contributed by atoms with Gasteiger partial charge in [0.15, 0.2) is 9.84 Å². The first kappa shape index (κ1) is 16.2. The summed E-state index contributed by atoms with van der Waals surface area (Å²) in [5.41, 5.74) is 0. The Morgan fingerprint density at radius 1 is 1.21 bits per heavy atom. The molecule has 0 aromatic carbocycles. The van der Waals surface area contributed by atoms with E-state index in [4.69, 9.17) is 4.74 Å². The Morgan fingerprint density at radius 3 is 2.32 bits per heavy atom. The van der Waals surface area contributed by atoms with Gasteiger partial charge in [0.2, 0.25) is 0 Å². The molecule has 19 heavy (non-hydrogen) atoms. The number of hydrogen-bond acceptors (Lipinski definition) is 4. The highest BCUT2D eigenvalue weighted by Crippen LogP contribution is 2.04. The van der Waals surface area contributed by atoms with Gasteiger partial charge in [-0.05, 0) is 12.8 Å². The van der Waals surface area contributed by atoms with Crippen LogP contribution in [0.3, 0.4) is 0 Å². The lowest BCUT2D eigenvalue weighted by Crippen LogP contribution is -2.50. The Bertz CT molecular complexity index is 381. The smallest absolute Gasteiger partial charge is 0.317 e. The Kier molecular flexibility index (Phi) is 6.06. The Labute approximate surface area is 115 Å². The summed E-state index contributed by atoms with van der Waals surface area (Å²) in [6.07, 6.45) is 0. The fourth-order valence-corrected chi connectivity index (χ4v) is 2.94. The van der Waals surface area contributed by atoms with Crippen LogP contribution in [0.2, 0.25) is 0 Å². The van der Waals surface area contributed by atoms with Crippen molar-refractivity contribution < 1.29 is 17.9 Å². The second kappa shape index (κ2) is 7.09. The van der Waals surface area contributed by atoms with Gasteiger partial charge in [0.25, 0.3) is 0 Å². The molecule has 1 heterocycles. The number of nitrogens with zero attached hydrogens (tertiary/aromatic N) is 1. The van der Waals surface area contributed by atoms with Crippen molar-refractivity contribution in [2.45, 2.75) is 26.8 Å². The molecule has 0 saturated carbocycles. The number of nitrogens with one attached hydrogen (secondary N) is 1. The van der Waals surface area contributed by atoms with Gasteiger partial charge in [0.05, 0.1) is 24.2 Å². The van der Waals surface area contributed by atoms with E-state index in [0.29, 0.717) is 19.1 Å². The minimum atomic E-state index is -2.95. The molecule has 6 nitrogen and oxygen atoms in total. The molecule has 0 unspecified atom stereocenters. The van der Waals surface area contributed by atoms with Gasteiger partial charge in [-0.3, -0.25) is 0 Å². The van der Waals surface area contributed by atoms with Gasteiger partial charge < -0.3 is 15.0 Å². The van der Waals surface area contributed by atoms with Crippen LogP contribution in [-0.2, 0) is 14.6 Å². The molecule has 112 valence electrons. The van der Waals surface area contributed by atoms with Crippen LogP contribution >= 0.6 is 0 Å². The lowest BCUT2D eigenvalue weighted by molar-refractivity contribution is 0.0934. The molecule has 1 rings (SSSR count). The first-order valence-electron chi connectivity index (χ1n) is 6.64. The number of rotatable bonds is 5. The standard InChI is InChI=1S/C12H24N2O4S/c1-10(2)8-18-9-11(3)13-12(15)14-4-6-19(16,17)7-5-14/h10-11H,4-9H2,1-3H3,(H,13,15)/t11-/m0/s1. The van der Waals surface area contributed by atoms with E-state index in [1.807, 2.05) is 6.92 Å². The molecule has 2 amide bonds. The summed E-state index contributed by atoms with van der Waals surface area (Å²) in [6, 6.07) is -0.291. The molecule has 1 aliphatic rings. The van der Waals surface area contributed by atoms with Crippen LogP contribution < -0.4 is 5.32 Å². The Balaban J connectivity index is 2.27. The molecular weight excluding hydrogens is 268 g/mol. The summed E-state index contributed by atoms with van der Waals surface area (Å²) in [5.74, 6) is 0.576. The van der Waals surface area contributed by atoms with Gasteiger partial charge in [0, 0.05) is 19.7 Å². The maximum absolute atomic E-state index is 11.9. The van der Waals surface area contributed by atoms with Crippen molar-refractivity contribution in [3.63, 3.8) is 0 Å². The summed E-state index contributed by atoms with van der Waals surface area (Å²) in [7, 11) is -2.95. The molecule has 1 fully saturated rings. The summed E-state index contributed by atoms with van der Waals surface area (Å²) >= 11 is 0. The van der Waals surface area contributed by atoms with Gasteiger partial charge in [0.1, 0.15) is 0 Å². The zero-order valence-corrected chi connectivity index (χ0v) is 12.7. The summed E-state index contributed by atoms with van der Waals surface area (Å²) in [4.78, 5) is 13.4. The largest absolute Gasteiger partial charge is 0.379 e. The summed E-state index contributed by atoms with van der Waals surface area (Å²) in [6.45, 7) is 7.69. The van der Waals surface area contributed by atoms with E-state index in [2.05, 4.69) is 19.2 Å². The molecule has 1 N–H and O–H groups in total. The fraction of sp³-hybridized carbons (Fsp3) is 0.917. The van der Waals surface area contributed by atoms with Crippen molar-refractivity contribution in [3.05, 3.63) is 0 Å². The molecular formula is C12H24N2O4S. The number of ether oxygens (including phenoxy) is 1. The first-order valence-corrected chi connectivity index (χ1v) is 8.46. The highest BCUT2D eigenvalue weighted by atomic mass is 32.2. The number of amides is 2. The van der Waals surface area contributed by atoms with Crippen molar-refractivity contribution in [1.29, 1.82) is 0 Å². The van der Waals surface area contributed by atoms with Crippen LogP contribution in [0.1, 0.15) is 20.8 Å². The van der Waals surface area contributed by atoms with Gasteiger partial charge in [-0.1, -0.05) is 13.8 Å². The number of urea groups is 1. The topological polar surface area (TPSA) is 75.7 Å². The third kappa shape index (κ3) is 6.24. The molecule has 1 atom stereocenters. The van der Waals surface area contributed by atoms with Crippen LogP contribution in [0, 0.1) is 5.92 Å². The van der Waals surface area contributed by atoms with Gasteiger partial charge in [-0.15, -0.1) is 0 Å². The predicted molar refractivity (Wildman–Crippen MR) is 73.9 cm³/mol. The van der Waals surface area contributed by atoms with Crippen molar-refractivity contribution >= 4 is 15.9 Å². The van der Waals surface area contributed by atoms with Crippen LogP contribution in [0.25, 0.3) is 0 Å². The average molecular weight is 292 g/mol. The van der Waals surface area contributed by atoms with E-state index in [1.165, 1.54) is 0 Å². The van der Waals surface area contributed by atoms with Crippen LogP contribution in [-0.4, -0.2) is 63.2 Å². The molecule has 0 aromatic rings. The maximum Gasteiger partial charge on any atom is 0.317 e. The lowest BCUT2D eigenvalue weighted by atomic mass is 10.2. The molecule has 0 aromatic heterocycles. The van der Waals surface area contributed by atoms with Crippen LogP contribution in [0.4, 0.5) is 4.79 Å². The van der Waals surface area contributed by atoms with Crippen molar-refractivity contribution in [2.75, 3.05) is 37.8 Å². The van der Waals surface area contributed by atoms with Crippen molar-refractivity contribution in [3.8, 4) is 0 Å². The molecule has 1 aliphatic heterocycles. The van der Waals surface area contributed by atoms with E-state index < -0.39 is 9.84 Å². The first-order chi connectivity index (χ1) is 8.80. The molecule has 0 spiro atoms. The van der Waals surface area contributed by atoms with E-state index in [0.717, 1.165) is 0 Å². The monoisotopic (exact) mass is 292 g/mol. The quantitative estimate of drug-likeness (QED) is 0.800. The molecule has 0 radical (unpaired) electrons. The third-order valence-electron chi connectivity index (χ3n) is 2.82. The average Bonchev–Trinajstić information content (AvgIpc) is 2.27. The summed E-state index contributed by atoms with van der Waals surface area (Å²) in [5, 5.41) is 2.82. The zero-order chi connectivity index (χ0) is 14.5. The number of hydrogen-bond donors (Lipinski definition) is 1. The van der Waals surface area contributed by atoms with Gasteiger partial charge >= 0.3 is 6.03 Å². The van der Waals surface area contributed by atoms with Crippen LogP contribution in [0.15, 0.2) is 0 Å². The SMILES string of the molecule is CC(C)COC[C@H](C)NC(=O)N1CCS(=O)(=O)CC1. The minimum Gasteiger partial charge on any atom is -0.379 e. The molecule has 7 heteroatoms. The zero-order valence-electron chi connectivity index (χ0n) is 11.9. The van der Waals surface area contributed by atoms with Crippen LogP contribution in [0.5, 0.6) is 0 Å². The van der Waals surface area contributed by atoms with E-state index in [9.17, 15) is 13.2 Å². The van der Waals surface area contributed by atoms with E-state index in [-0.39, 0.29) is 36.7 Å². The van der Waals surface area contributed by atoms with Gasteiger partial charge in [-0.2, -0.15) is 0 Å². The molecule has 1 saturated heterocycles. The second-order valence-electron chi connectivity index (χ2n) is 5.42. The number of sulfone groups is 1. The normalized spacial score (nSPS) is 20.3. The van der Waals surface area contributed by atoms with E-state index in [1.54, 1.807) is 4.90 Å². The third-order valence-corrected chi connectivity index (χ3v) is 4.43. The maximum atomic E-state index is 11.9. The molecule has 0 aliphatic carbocycles. The number of carbonyl (C=O) groups excluding carboxylic acids is 1. The summed E-state index contributed by atoms with van der Waals surface area (Å²) < 4.78 is 28.0. The highest BCUT2D eigenvalue weighted by molar-refractivity contribution is 7.91. The predicted octanol–water partition coefficient (Wildman–Crippen LogP) is 0.488. The highest BCUT2D eigenvalue weighted by Gasteiger charge is 2.25. The number of carbonyl (C=O) groups is 1. The minimum absolute atomic E-state index is 0.0542. The van der Waals surface area contributed by atoms with Crippen molar-refractivity contribution in [2.24, 2.45) is 5.92 Å². The van der Waals surface area contributed by atoms with Gasteiger partial charge in [-0.25, -0.2) is 13.2 Å². The Morgan fingerprint density at radius 2 is 1.79 bits per heavy atom. The Hall–Kier alpha value is -0.820.